The van der Waals surface area contributed by atoms with Gasteiger partial charge in [0, 0.05) is 12.5 Å². The Bertz CT molecular complexity index is 630. The van der Waals surface area contributed by atoms with Crippen LogP contribution < -0.4 is 10.9 Å². The number of nitrogens with one attached hydrogen (secondary N) is 2. The Morgan fingerprint density at radius 3 is 2.64 bits per heavy atom. The second kappa shape index (κ2) is 8.17. The third-order valence-electron chi connectivity index (χ3n) is 2.55. The van der Waals surface area contributed by atoms with Crippen LogP contribution in [-0.2, 0) is 15.3 Å². The normalized spacial score (nSPS) is 11.7. The van der Waals surface area contributed by atoms with Crippen molar-refractivity contribution in [1.82, 2.24) is 15.3 Å². The van der Waals surface area contributed by atoms with Gasteiger partial charge in [-0.1, -0.05) is 0 Å². The molecule has 1 rings (SSSR count). The third-order valence-corrected chi connectivity index (χ3v) is 3.12. The van der Waals surface area contributed by atoms with E-state index in [9.17, 15) is 19.2 Å². The highest BCUT2D eigenvalue weighted by Crippen LogP contribution is 2.04. The van der Waals surface area contributed by atoms with Gasteiger partial charge >= 0.3 is 11.9 Å². The van der Waals surface area contributed by atoms with Gasteiger partial charge in [-0.2, -0.15) is 11.8 Å². The van der Waals surface area contributed by atoms with E-state index in [0.717, 1.165) is 6.07 Å². The van der Waals surface area contributed by atoms with Gasteiger partial charge in [0.1, 0.15) is 17.6 Å². The second-order valence-electron chi connectivity index (χ2n) is 4.31. The number of aliphatic carboxylic acids is 2. The van der Waals surface area contributed by atoms with E-state index in [0.29, 0.717) is 11.6 Å². The van der Waals surface area contributed by atoms with E-state index < -0.39 is 35.9 Å². The van der Waals surface area contributed by atoms with Gasteiger partial charge in [-0.3, -0.25) is 14.4 Å². The minimum atomic E-state index is -1.37. The predicted octanol–water partition coefficient (Wildman–Crippen LogP) is -0.319. The molecule has 0 aromatic carbocycles. The van der Waals surface area contributed by atoms with Crippen molar-refractivity contribution in [2.24, 2.45) is 0 Å². The standard InChI is InChI=1S/C12H15N3O6S/c1-22-5-8-13-7(4-9(16)15-8)11(19)14-6(12(20)21)2-3-10(17)18/h4,6H,2-3,5H2,1H3,(H,14,19)(H,17,18)(H,20,21)(H,13,15,16). The van der Waals surface area contributed by atoms with Crippen molar-refractivity contribution < 1.29 is 24.6 Å². The molecule has 1 aromatic heterocycles. The van der Waals surface area contributed by atoms with Crippen molar-refractivity contribution >= 4 is 29.6 Å². The highest BCUT2D eigenvalue weighted by atomic mass is 32.2. The molecule has 1 atom stereocenters. The fourth-order valence-corrected chi connectivity index (χ4v) is 2.00. The summed E-state index contributed by atoms with van der Waals surface area (Å²) in [5.41, 5.74) is -0.740. The maximum Gasteiger partial charge on any atom is 0.326 e. The first kappa shape index (κ1) is 17.7. The number of aromatic nitrogens is 2. The Morgan fingerprint density at radius 2 is 2.09 bits per heavy atom. The predicted molar refractivity (Wildman–Crippen MR) is 77.8 cm³/mol. The highest BCUT2D eigenvalue weighted by Gasteiger charge is 2.22. The first-order valence-corrected chi connectivity index (χ1v) is 7.57. The summed E-state index contributed by atoms with van der Waals surface area (Å²) in [6, 6.07) is -0.413. The summed E-state index contributed by atoms with van der Waals surface area (Å²) < 4.78 is 0. The smallest absolute Gasteiger partial charge is 0.326 e. The van der Waals surface area contributed by atoms with Gasteiger partial charge < -0.3 is 20.5 Å². The van der Waals surface area contributed by atoms with E-state index in [4.69, 9.17) is 10.2 Å². The molecule has 0 aliphatic heterocycles. The number of H-pyrrole nitrogens is 1. The fraction of sp³-hybridized carbons (Fsp3) is 0.417. The molecule has 120 valence electrons. The number of hydrogen-bond donors (Lipinski definition) is 4. The van der Waals surface area contributed by atoms with Crippen LogP contribution in [-0.4, -0.2) is 50.3 Å². The average Bonchev–Trinajstić information content (AvgIpc) is 2.42. The topological polar surface area (TPSA) is 149 Å². The average molecular weight is 329 g/mol. The SMILES string of the molecule is CSCc1nc(C(=O)NC(CCC(=O)O)C(=O)O)cc(=O)[nH]1. The fourth-order valence-electron chi connectivity index (χ4n) is 1.59. The van der Waals surface area contributed by atoms with E-state index >= 15 is 0 Å². The zero-order valence-corrected chi connectivity index (χ0v) is 12.5. The van der Waals surface area contributed by atoms with E-state index in [1.165, 1.54) is 11.8 Å². The number of thioether (sulfide) groups is 1. The Hall–Kier alpha value is -2.36. The molecule has 22 heavy (non-hydrogen) atoms. The number of hydrogen-bond acceptors (Lipinski definition) is 6. The Kier molecular flexibility index (Phi) is 6.57. The van der Waals surface area contributed by atoms with Crippen LogP contribution in [0.4, 0.5) is 0 Å². The van der Waals surface area contributed by atoms with Crippen LogP contribution >= 0.6 is 11.8 Å². The lowest BCUT2D eigenvalue weighted by Gasteiger charge is -2.13. The Morgan fingerprint density at radius 1 is 1.41 bits per heavy atom. The lowest BCUT2D eigenvalue weighted by molar-refractivity contribution is -0.140. The molecule has 10 heteroatoms. The Labute approximate surface area is 129 Å². The van der Waals surface area contributed by atoms with Crippen LogP contribution in [0.5, 0.6) is 0 Å². The number of aromatic amines is 1. The van der Waals surface area contributed by atoms with Crippen molar-refractivity contribution in [2.45, 2.75) is 24.6 Å². The minimum absolute atomic E-state index is 0.214. The van der Waals surface area contributed by atoms with Gasteiger partial charge in [-0.05, 0) is 12.7 Å². The highest BCUT2D eigenvalue weighted by molar-refractivity contribution is 7.97. The van der Waals surface area contributed by atoms with Gasteiger partial charge in [-0.15, -0.1) is 0 Å². The zero-order chi connectivity index (χ0) is 16.7. The molecule has 0 radical (unpaired) electrons. The van der Waals surface area contributed by atoms with Crippen molar-refractivity contribution in [3.05, 3.63) is 27.9 Å². The lowest BCUT2D eigenvalue weighted by Crippen LogP contribution is -2.41. The molecule has 1 aromatic rings. The van der Waals surface area contributed by atoms with E-state index in [2.05, 4.69) is 15.3 Å². The van der Waals surface area contributed by atoms with Gasteiger partial charge in [0.15, 0.2) is 0 Å². The van der Waals surface area contributed by atoms with Crippen LogP contribution in [0, 0.1) is 0 Å². The van der Waals surface area contributed by atoms with Crippen LogP contribution in [0.3, 0.4) is 0 Å². The molecule has 1 amide bonds. The molecule has 1 unspecified atom stereocenters. The summed E-state index contributed by atoms with van der Waals surface area (Å²) in [5, 5.41) is 19.7. The molecular weight excluding hydrogens is 314 g/mol. The largest absolute Gasteiger partial charge is 0.481 e. The van der Waals surface area contributed by atoms with E-state index in [-0.39, 0.29) is 12.1 Å². The van der Waals surface area contributed by atoms with Crippen molar-refractivity contribution in [1.29, 1.82) is 0 Å². The molecule has 0 aliphatic carbocycles. The van der Waals surface area contributed by atoms with Crippen LogP contribution in [0.25, 0.3) is 0 Å². The number of carbonyl (C=O) groups excluding carboxylic acids is 1. The summed E-state index contributed by atoms with van der Waals surface area (Å²) in [7, 11) is 0. The molecule has 4 N–H and O–H groups in total. The first-order valence-electron chi connectivity index (χ1n) is 6.18. The van der Waals surface area contributed by atoms with E-state index in [1.54, 1.807) is 6.26 Å². The molecule has 0 saturated heterocycles. The molecule has 0 aliphatic rings. The maximum absolute atomic E-state index is 12.0. The zero-order valence-electron chi connectivity index (χ0n) is 11.7. The first-order chi connectivity index (χ1) is 10.3. The van der Waals surface area contributed by atoms with Gasteiger partial charge in [0.2, 0.25) is 0 Å². The number of amides is 1. The summed E-state index contributed by atoms with van der Waals surface area (Å²) in [6.45, 7) is 0. The molecular formula is C12H15N3O6S. The molecule has 0 fully saturated rings. The number of rotatable bonds is 8. The molecule has 0 saturated carbocycles. The van der Waals surface area contributed by atoms with E-state index in [1.807, 2.05) is 0 Å². The number of carboxylic acids is 2. The van der Waals surface area contributed by atoms with Crippen LogP contribution in [0.15, 0.2) is 10.9 Å². The second-order valence-corrected chi connectivity index (χ2v) is 5.17. The number of carboxylic acid groups (broad SMARTS) is 2. The Balaban J connectivity index is 2.87. The monoisotopic (exact) mass is 329 g/mol. The number of carbonyl (C=O) groups is 3. The van der Waals surface area contributed by atoms with Gasteiger partial charge in [0.25, 0.3) is 11.5 Å². The quantitative estimate of drug-likeness (QED) is 0.507. The number of nitrogens with zero attached hydrogens (tertiary/aromatic N) is 1. The molecule has 0 bridgehead atoms. The summed E-state index contributed by atoms with van der Waals surface area (Å²) in [6.07, 6.45) is 1.12. The van der Waals surface area contributed by atoms with Gasteiger partial charge in [-0.25, -0.2) is 9.78 Å². The molecule has 1 heterocycles. The van der Waals surface area contributed by atoms with Crippen LogP contribution in [0.2, 0.25) is 0 Å². The van der Waals surface area contributed by atoms with Crippen molar-refractivity contribution in [2.75, 3.05) is 6.26 Å². The van der Waals surface area contributed by atoms with Gasteiger partial charge in [0.05, 0.1) is 5.75 Å². The maximum atomic E-state index is 12.0. The van der Waals surface area contributed by atoms with Crippen LogP contribution in [0.1, 0.15) is 29.2 Å². The molecule has 0 spiro atoms. The lowest BCUT2D eigenvalue weighted by atomic mass is 10.1. The van der Waals surface area contributed by atoms with Crippen molar-refractivity contribution in [3.8, 4) is 0 Å². The minimum Gasteiger partial charge on any atom is -0.481 e. The summed E-state index contributed by atoms with van der Waals surface area (Å²) in [5.74, 6) is -2.69. The summed E-state index contributed by atoms with van der Waals surface area (Å²) in [4.78, 5) is 51.3. The van der Waals surface area contributed by atoms with Crippen molar-refractivity contribution in [3.63, 3.8) is 0 Å². The third kappa shape index (κ3) is 5.56. The molecule has 9 nitrogen and oxygen atoms in total. The summed E-state index contributed by atoms with van der Waals surface area (Å²) >= 11 is 1.39.